The number of amides is 2. The predicted octanol–water partition coefficient (Wildman–Crippen LogP) is 0.129. The topological polar surface area (TPSA) is 78.0 Å². The van der Waals surface area contributed by atoms with E-state index < -0.39 is 15.4 Å². The largest absolute Gasteiger partial charge is 0.345 e. The fraction of sp³-hybridized carbons (Fsp3) is 0.875. The van der Waals surface area contributed by atoms with E-state index in [4.69, 9.17) is 0 Å². The Morgan fingerprint density at radius 2 is 1.75 bits per heavy atom. The minimum atomic E-state index is -3.20. The van der Waals surface area contributed by atoms with Gasteiger partial charge in [0.15, 0.2) is 0 Å². The first kappa shape index (κ1) is 17.7. The summed E-state index contributed by atoms with van der Waals surface area (Å²) in [4.78, 5) is 28.5. The van der Waals surface area contributed by atoms with Crippen LogP contribution in [-0.2, 0) is 19.6 Å². The molecule has 0 N–H and O–H groups in total. The summed E-state index contributed by atoms with van der Waals surface area (Å²) in [6.07, 6.45) is 2.05. The first-order valence-electron chi connectivity index (χ1n) is 8.66. The zero-order chi connectivity index (χ0) is 17.8. The summed E-state index contributed by atoms with van der Waals surface area (Å²) in [5.74, 6) is 0.224. The molecule has 0 aromatic carbocycles. The van der Waals surface area contributed by atoms with Crippen molar-refractivity contribution in [2.45, 2.75) is 33.1 Å². The highest BCUT2D eigenvalue weighted by atomic mass is 32.2. The van der Waals surface area contributed by atoms with Crippen LogP contribution in [0.4, 0.5) is 0 Å². The molecule has 3 aliphatic rings. The van der Waals surface area contributed by atoms with Crippen LogP contribution in [0.2, 0.25) is 0 Å². The molecular weight excluding hydrogens is 330 g/mol. The molecule has 0 unspecified atom stereocenters. The second kappa shape index (κ2) is 5.69. The van der Waals surface area contributed by atoms with Gasteiger partial charge in [0, 0.05) is 52.1 Å². The Balaban J connectivity index is 1.91. The second-order valence-corrected chi connectivity index (χ2v) is 9.77. The number of carbonyl (C=O) groups excluding carboxylic acids is 2. The van der Waals surface area contributed by atoms with Gasteiger partial charge in [-0.2, -0.15) is 0 Å². The molecule has 2 amide bonds. The molecule has 0 aromatic heterocycles. The van der Waals surface area contributed by atoms with E-state index >= 15 is 0 Å². The van der Waals surface area contributed by atoms with Crippen LogP contribution in [0.25, 0.3) is 0 Å². The summed E-state index contributed by atoms with van der Waals surface area (Å²) >= 11 is 0. The molecule has 0 saturated carbocycles. The maximum Gasteiger partial charge on any atom is 0.231 e. The zero-order valence-corrected chi connectivity index (χ0v) is 15.6. The quantitative estimate of drug-likeness (QED) is 0.704. The lowest BCUT2D eigenvalue weighted by atomic mass is 9.60. The first-order chi connectivity index (χ1) is 11.2. The van der Waals surface area contributed by atoms with Crippen LogP contribution < -0.4 is 0 Å². The van der Waals surface area contributed by atoms with E-state index in [0.29, 0.717) is 45.6 Å². The third-order valence-electron chi connectivity index (χ3n) is 6.48. The van der Waals surface area contributed by atoms with Gasteiger partial charge in [-0.15, -0.1) is 0 Å². The molecule has 8 heteroatoms. The Labute approximate surface area is 144 Å². The minimum Gasteiger partial charge on any atom is -0.345 e. The van der Waals surface area contributed by atoms with Crippen molar-refractivity contribution in [3.05, 3.63) is 0 Å². The fourth-order valence-electron chi connectivity index (χ4n) is 4.87. The number of likely N-dealkylation sites (tertiary alicyclic amines) is 2. The molecule has 3 rings (SSSR count). The van der Waals surface area contributed by atoms with Gasteiger partial charge in [-0.1, -0.05) is 0 Å². The molecule has 0 radical (unpaired) electrons. The molecule has 3 heterocycles. The van der Waals surface area contributed by atoms with Crippen LogP contribution >= 0.6 is 0 Å². The van der Waals surface area contributed by atoms with Gasteiger partial charge < -0.3 is 9.80 Å². The van der Waals surface area contributed by atoms with Crippen LogP contribution in [0.1, 0.15) is 33.1 Å². The van der Waals surface area contributed by atoms with Crippen molar-refractivity contribution in [2.24, 2.45) is 10.8 Å². The van der Waals surface area contributed by atoms with Gasteiger partial charge in [0.25, 0.3) is 0 Å². The lowest BCUT2D eigenvalue weighted by molar-refractivity contribution is -0.140. The van der Waals surface area contributed by atoms with Crippen LogP contribution in [0.3, 0.4) is 0 Å². The van der Waals surface area contributed by atoms with Gasteiger partial charge in [0.1, 0.15) is 0 Å². The highest BCUT2D eigenvalue weighted by Crippen LogP contribution is 2.57. The third-order valence-corrected chi connectivity index (χ3v) is 8.36. The number of hydrogen-bond acceptors (Lipinski definition) is 4. The molecule has 0 aromatic rings. The lowest BCUT2D eigenvalue weighted by Crippen LogP contribution is -2.53. The van der Waals surface area contributed by atoms with Crippen LogP contribution in [0.5, 0.6) is 0 Å². The third kappa shape index (κ3) is 2.37. The van der Waals surface area contributed by atoms with Gasteiger partial charge in [0.05, 0.1) is 11.2 Å². The maximum absolute atomic E-state index is 13.0. The minimum absolute atomic E-state index is 0.00258. The standard InChI is InChI=1S/C16H27N3O4S/c1-4-24(22,23)19-9-5-15(6-10-19)11-18(13(2)20)12-16(15)7-8-17(3)14(16)21/h4-12H2,1-3H3/t16-/m1/s1. The lowest BCUT2D eigenvalue weighted by Gasteiger charge is -2.46. The molecule has 1 atom stereocenters. The summed E-state index contributed by atoms with van der Waals surface area (Å²) in [5.41, 5.74) is -0.824. The molecule has 136 valence electrons. The van der Waals surface area contributed by atoms with Crippen molar-refractivity contribution in [1.82, 2.24) is 14.1 Å². The van der Waals surface area contributed by atoms with E-state index in [0.717, 1.165) is 6.42 Å². The van der Waals surface area contributed by atoms with Crippen molar-refractivity contribution >= 4 is 21.8 Å². The molecule has 3 fully saturated rings. The number of hydrogen-bond donors (Lipinski definition) is 0. The second-order valence-electron chi connectivity index (χ2n) is 7.51. The summed E-state index contributed by atoms with van der Waals surface area (Å²) < 4.78 is 25.8. The monoisotopic (exact) mass is 357 g/mol. The number of sulfonamides is 1. The fourth-order valence-corrected chi connectivity index (χ4v) is 5.98. The number of carbonyl (C=O) groups is 2. The smallest absolute Gasteiger partial charge is 0.231 e. The van der Waals surface area contributed by atoms with Crippen LogP contribution in [0, 0.1) is 10.8 Å². The van der Waals surface area contributed by atoms with Crippen LogP contribution in [-0.4, -0.2) is 79.9 Å². The maximum atomic E-state index is 13.0. The average molecular weight is 357 g/mol. The molecule has 0 aliphatic carbocycles. The molecule has 2 spiro atoms. The Kier molecular flexibility index (Phi) is 4.19. The van der Waals surface area contributed by atoms with E-state index in [-0.39, 0.29) is 23.0 Å². The SMILES string of the molecule is CCS(=O)(=O)N1CCC2(CC1)CN(C(C)=O)C[C@@]21CCN(C)C1=O. The van der Waals surface area contributed by atoms with Crippen molar-refractivity contribution < 1.29 is 18.0 Å². The Bertz CT molecular complexity index is 654. The average Bonchev–Trinajstić information content (AvgIpc) is 3.02. The summed E-state index contributed by atoms with van der Waals surface area (Å²) in [6.45, 7) is 5.86. The number of rotatable bonds is 2. The van der Waals surface area contributed by atoms with E-state index in [1.807, 2.05) is 7.05 Å². The molecule has 3 saturated heterocycles. The first-order valence-corrected chi connectivity index (χ1v) is 10.3. The number of nitrogens with zero attached hydrogens (tertiary/aromatic N) is 3. The normalized spacial score (nSPS) is 30.7. The molecule has 3 aliphatic heterocycles. The van der Waals surface area contributed by atoms with Gasteiger partial charge in [0.2, 0.25) is 21.8 Å². The van der Waals surface area contributed by atoms with Gasteiger partial charge in [-0.25, -0.2) is 12.7 Å². The Hall–Kier alpha value is -1.15. The van der Waals surface area contributed by atoms with Crippen molar-refractivity contribution in [3.8, 4) is 0 Å². The summed E-state index contributed by atoms with van der Waals surface area (Å²) in [6, 6.07) is 0. The predicted molar refractivity (Wildman–Crippen MR) is 89.6 cm³/mol. The van der Waals surface area contributed by atoms with Gasteiger partial charge >= 0.3 is 0 Å². The summed E-state index contributed by atoms with van der Waals surface area (Å²) in [5, 5.41) is 0. The Morgan fingerprint density at radius 1 is 1.12 bits per heavy atom. The molecule has 7 nitrogen and oxygen atoms in total. The van der Waals surface area contributed by atoms with Gasteiger partial charge in [-0.05, 0) is 26.2 Å². The van der Waals surface area contributed by atoms with E-state index in [1.165, 1.54) is 0 Å². The molecular formula is C16H27N3O4S. The van der Waals surface area contributed by atoms with E-state index in [2.05, 4.69) is 0 Å². The molecule has 0 bridgehead atoms. The van der Waals surface area contributed by atoms with Crippen molar-refractivity contribution in [2.75, 3.05) is 45.5 Å². The van der Waals surface area contributed by atoms with Crippen molar-refractivity contribution in [1.29, 1.82) is 0 Å². The Morgan fingerprint density at radius 3 is 2.21 bits per heavy atom. The summed E-state index contributed by atoms with van der Waals surface area (Å²) in [7, 11) is -1.38. The highest BCUT2D eigenvalue weighted by molar-refractivity contribution is 7.89. The van der Waals surface area contributed by atoms with Crippen LogP contribution in [0.15, 0.2) is 0 Å². The zero-order valence-electron chi connectivity index (χ0n) is 14.7. The van der Waals surface area contributed by atoms with Crippen molar-refractivity contribution in [3.63, 3.8) is 0 Å². The number of piperidine rings is 1. The highest BCUT2D eigenvalue weighted by Gasteiger charge is 2.65. The molecule has 24 heavy (non-hydrogen) atoms. The number of fused-ring (bicyclic) bond motifs is 1. The van der Waals surface area contributed by atoms with E-state index in [9.17, 15) is 18.0 Å². The van der Waals surface area contributed by atoms with E-state index in [1.54, 1.807) is 28.0 Å². The van der Waals surface area contributed by atoms with Gasteiger partial charge in [-0.3, -0.25) is 9.59 Å².